The molecule has 1 aliphatic rings. The highest BCUT2D eigenvalue weighted by atomic mass is 16.3. The van der Waals surface area contributed by atoms with Crippen molar-refractivity contribution in [1.29, 1.82) is 0 Å². The lowest BCUT2D eigenvalue weighted by Crippen LogP contribution is -2.30. The first-order valence-electron chi connectivity index (χ1n) is 5.21. The molecule has 1 aromatic rings. The zero-order valence-electron chi connectivity index (χ0n) is 9.14. The van der Waals surface area contributed by atoms with Crippen molar-refractivity contribution in [2.45, 2.75) is 32.3 Å². The van der Waals surface area contributed by atoms with Gasteiger partial charge in [-0.2, -0.15) is 0 Å². The van der Waals surface area contributed by atoms with Crippen LogP contribution in [-0.2, 0) is 5.60 Å². The van der Waals surface area contributed by atoms with E-state index in [0.717, 1.165) is 6.42 Å². The molecule has 15 heavy (non-hydrogen) atoms. The molecule has 1 aliphatic carbocycles. The zero-order valence-corrected chi connectivity index (χ0v) is 9.14. The van der Waals surface area contributed by atoms with E-state index in [2.05, 4.69) is 29.9 Å². The van der Waals surface area contributed by atoms with Crippen LogP contribution in [0.2, 0.25) is 0 Å². The molecule has 0 aromatic carbocycles. The molecule has 0 saturated carbocycles. The van der Waals surface area contributed by atoms with Crippen LogP contribution in [0.1, 0.15) is 32.4 Å². The van der Waals surface area contributed by atoms with Crippen molar-refractivity contribution in [2.24, 2.45) is 5.41 Å². The number of aromatic nitrogens is 2. The molecule has 1 unspecified atom stereocenters. The van der Waals surface area contributed by atoms with Crippen LogP contribution < -0.4 is 0 Å². The molecule has 0 bridgehead atoms. The van der Waals surface area contributed by atoms with Crippen molar-refractivity contribution in [1.82, 2.24) is 9.97 Å². The summed E-state index contributed by atoms with van der Waals surface area (Å²) < 4.78 is 0. The Morgan fingerprint density at radius 1 is 1.20 bits per heavy atom. The lowest BCUT2D eigenvalue weighted by atomic mass is 9.76. The Hall–Kier alpha value is -1.22. The lowest BCUT2D eigenvalue weighted by molar-refractivity contribution is 0.0536. The molecule has 1 N–H and O–H groups in total. The van der Waals surface area contributed by atoms with E-state index in [-0.39, 0.29) is 5.41 Å². The van der Waals surface area contributed by atoms with Gasteiger partial charge in [0.1, 0.15) is 5.60 Å². The maximum absolute atomic E-state index is 10.4. The van der Waals surface area contributed by atoms with Crippen LogP contribution in [0.15, 0.2) is 30.7 Å². The summed E-state index contributed by atoms with van der Waals surface area (Å²) >= 11 is 0. The van der Waals surface area contributed by atoms with Gasteiger partial charge in [0.2, 0.25) is 0 Å². The summed E-state index contributed by atoms with van der Waals surface area (Å²) in [6.45, 7) is 4.33. The normalized spacial score (nSPS) is 29.0. The van der Waals surface area contributed by atoms with Crippen molar-refractivity contribution in [3.05, 3.63) is 36.4 Å². The van der Waals surface area contributed by atoms with Gasteiger partial charge in [-0.25, -0.2) is 0 Å². The SMILES string of the molecule is CC1(C)C=CC(O)(c2cnccn2)CC1. The minimum absolute atomic E-state index is 0.175. The fraction of sp³-hybridized carbons (Fsp3) is 0.500. The number of hydrogen-bond donors (Lipinski definition) is 1. The Kier molecular flexibility index (Phi) is 2.35. The molecule has 1 aromatic heterocycles. The van der Waals surface area contributed by atoms with Crippen molar-refractivity contribution in [3.8, 4) is 0 Å². The molecule has 1 atom stereocenters. The van der Waals surface area contributed by atoms with Gasteiger partial charge >= 0.3 is 0 Å². The molecule has 80 valence electrons. The van der Waals surface area contributed by atoms with E-state index in [0.29, 0.717) is 12.1 Å². The number of allylic oxidation sites excluding steroid dienone is 1. The first-order valence-corrected chi connectivity index (χ1v) is 5.21. The fourth-order valence-corrected chi connectivity index (χ4v) is 1.78. The zero-order chi connectivity index (χ0) is 10.9. The molecule has 1 heterocycles. The van der Waals surface area contributed by atoms with E-state index in [1.54, 1.807) is 18.6 Å². The van der Waals surface area contributed by atoms with Gasteiger partial charge in [0, 0.05) is 12.4 Å². The van der Waals surface area contributed by atoms with Crippen LogP contribution in [0.3, 0.4) is 0 Å². The Balaban J connectivity index is 2.31. The van der Waals surface area contributed by atoms with Gasteiger partial charge in [-0.05, 0) is 18.3 Å². The van der Waals surface area contributed by atoms with E-state index in [9.17, 15) is 5.11 Å². The van der Waals surface area contributed by atoms with Crippen LogP contribution in [0.25, 0.3) is 0 Å². The minimum Gasteiger partial charge on any atom is -0.379 e. The molecule has 3 nitrogen and oxygen atoms in total. The predicted molar refractivity (Wildman–Crippen MR) is 58.1 cm³/mol. The third kappa shape index (κ3) is 2.07. The maximum Gasteiger partial charge on any atom is 0.126 e. The quantitative estimate of drug-likeness (QED) is 0.712. The number of nitrogens with zero attached hydrogens (tertiary/aromatic N) is 2. The van der Waals surface area contributed by atoms with Gasteiger partial charge < -0.3 is 5.11 Å². The minimum atomic E-state index is -0.927. The summed E-state index contributed by atoms with van der Waals surface area (Å²) in [5.41, 5.74) is -0.116. The summed E-state index contributed by atoms with van der Waals surface area (Å²) in [4.78, 5) is 8.14. The summed E-state index contributed by atoms with van der Waals surface area (Å²) in [5.74, 6) is 0. The average Bonchev–Trinajstić information content (AvgIpc) is 2.24. The molecule has 0 fully saturated rings. The van der Waals surface area contributed by atoms with Gasteiger partial charge in [0.05, 0.1) is 11.9 Å². The summed E-state index contributed by atoms with van der Waals surface area (Å²) in [6.07, 6.45) is 10.4. The van der Waals surface area contributed by atoms with E-state index in [1.807, 2.05) is 6.08 Å². The second-order valence-corrected chi connectivity index (χ2v) is 4.84. The number of rotatable bonds is 1. The van der Waals surface area contributed by atoms with Crippen LogP contribution in [0.5, 0.6) is 0 Å². The average molecular weight is 204 g/mol. The van der Waals surface area contributed by atoms with E-state index >= 15 is 0 Å². The van der Waals surface area contributed by atoms with Gasteiger partial charge in [-0.3, -0.25) is 9.97 Å². The third-order valence-corrected chi connectivity index (χ3v) is 2.97. The second kappa shape index (κ2) is 3.42. The highest BCUT2D eigenvalue weighted by molar-refractivity contribution is 5.21. The Labute approximate surface area is 89.9 Å². The third-order valence-electron chi connectivity index (χ3n) is 2.97. The number of hydrogen-bond acceptors (Lipinski definition) is 3. The Bertz CT molecular complexity index is 372. The van der Waals surface area contributed by atoms with Crippen LogP contribution in [0.4, 0.5) is 0 Å². The summed E-state index contributed by atoms with van der Waals surface area (Å²) in [6, 6.07) is 0. The molecule has 0 saturated heterocycles. The predicted octanol–water partition coefficient (Wildman–Crippen LogP) is 2.04. The molecule has 0 aliphatic heterocycles. The largest absolute Gasteiger partial charge is 0.379 e. The van der Waals surface area contributed by atoms with Crippen molar-refractivity contribution < 1.29 is 5.11 Å². The van der Waals surface area contributed by atoms with Crippen LogP contribution in [0, 0.1) is 5.41 Å². The van der Waals surface area contributed by atoms with E-state index in [1.165, 1.54) is 0 Å². The van der Waals surface area contributed by atoms with Crippen molar-refractivity contribution in [2.75, 3.05) is 0 Å². The molecule has 0 radical (unpaired) electrons. The van der Waals surface area contributed by atoms with Crippen molar-refractivity contribution in [3.63, 3.8) is 0 Å². The molecule has 0 spiro atoms. The van der Waals surface area contributed by atoms with E-state index in [4.69, 9.17) is 0 Å². The highest BCUT2D eigenvalue weighted by Gasteiger charge is 2.34. The first-order chi connectivity index (χ1) is 7.02. The van der Waals surface area contributed by atoms with E-state index < -0.39 is 5.60 Å². The Morgan fingerprint density at radius 2 is 2.00 bits per heavy atom. The monoisotopic (exact) mass is 204 g/mol. The summed E-state index contributed by atoms with van der Waals surface area (Å²) in [7, 11) is 0. The molecule has 2 rings (SSSR count). The smallest absolute Gasteiger partial charge is 0.126 e. The number of aliphatic hydroxyl groups is 1. The molecule has 3 heteroatoms. The topological polar surface area (TPSA) is 46.0 Å². The standard InChI is InChI=1S/C12H16N2O/c1-11(2)3-5-12(15,6-4-11)10-9-13-7-8-14-10/h3,5,7-9,15H,4,6H2,1-2H3. The molecular weight excluding hydrogens is 188 g/mol. The summed E-state index contributed by atoms with van der Waals surface area (Å²) in [5, 5.41) is 10.4. The fourth-order valence-electron chi connectivity index (χ4n) is 1.78. The van der Waals surface area contributed by atoms with Crippen molar-refractivity contribution >= 4 is 0 Å². The van der Waals surface area contributed by atoms with Crippen LogP contribution in [-0.4, -0.2) is 15.1 Å². The van der Waals surface area contributed by atoms with Gasteiger partial charge in [0.25, 0.3) is 0 Å². The Morgan fingerprint density at radius 3 is 2.53 bits per heavy atom. The maximum atomic E-state index is 10.4. The van der Waals surface area contributed by atoms with Gasteiger partial charge in [0.15, 0.2) is 0 Å². The molecular formula is C12H16N2O. The first kappa shape index (κ1) is 10.3. The molecule has 0 amide bonds. The van der Waals surface area contributed by atoms with Gasteiger partial charge in [-0.1, -0.05) is 26.0 Å². The van der Waals surface area contributed by atoms with Crippen LogP contribution >= 0.6 is 0 Å². The highest BCUT2D eigenvalue weighted by Crippen LogP contribution is 2.38. The van der Waals surface area contributed by atoms with Gasteiger partial charge in [-0.15, -0.1) is 0 Å². The second-order valence-electron chi connectivity index (χ2n) is 4.84. The lowest BCUT2D eigenvalue weighted by Gasteiger charge is -2.34.